The number of hydrogen-bond acceptors (Lipinski definition) is 6. The highest BCUT2D eigenvalue weighted by Gasteiger charge is 2.20. The molecule has 8 nitrogen and oxygen atoms in total. The molecule has 1 aromatic heterocycles. The number of rotatable bonds is 6. The Bertz CT molecular complexity index is 1130. The summed E-state index contributed by atoms with van der Waals surface area (Å²) in [7, 11) is -0.361. The van der Waals surface area contributed by atoms with Crippen molar-refractivity contribution in [1.29, 1.82) is 0 Å². The maximum absolute atomic E-state index is 12.8. The van der Waals surface area contributed by atoms with Crippen molar-refractivity contribution in [1.82, 2.24) is 15.0 Å². The number of anilines is 1. The average molecular weight is 414 g/mol. The fourth-order valence-corrected chi connectivity index (χ4v) is 3.33. The van der Waals surface area contributed by atoms with Gasteiger partial charge in [-0.05, 0) is 24.6 Å². The summed E-state index contributed by atoms with van der Waals surface area (Å²) >= 11 is 0. The topological polar surface area (TPSA) is 96.6 Å². The summed E-state index contributed by atoms with van der Waals surface area (Å²) in [5.41, 5.74) is 2.40. The lowest BCUT2D eigenvalue weighted by atomic mass is 10.1. The second-order valence-corrected chi connectivity index (χ2v) is 8.78. The van der Waals surface area contributed by atoms with Crippen molar-refractivity contribution in [2.45, 2.75) is 13.5 Å². The molecule has 0 atom stereocenters. The average Bonchev–Trinajstić information content (AvgIpc) is 3.15. The lowest BCUT2D eigenvalue weighted by Crippen LogP contribution is -2.28. The van der Waals surface area contributed by atoms with Crippen molar-refractivity contribution < 1.29 is 17.7 Å². The minimum atomic E-state index is -3.44. The number of aryl methyl sites for hydroxylation is 1. The predicted molar refractivity (Wildman–Crippen MR) is 110 cm³/mol. The number of nitrogens with zero attached hydrogens (tertiary/aromatic N) is 4. The Morgan fingerprint density at radius 1 is 1.10 bits per heavy atom. The summed E-state index contributed by atoms with van der Waals surface area (Å²) in [4.78, 5) is 18.6. The fourth-order valence-electron chi connectivity index (χ4n) is 2.78. The van der Waals surface area contributed by atoms with E-state index in [1.807, 2.05) is 30.3 Å². The number of aromatic nitrogens is 2. The van der Waals surface area contributed by atoms with Crippen LogP contribution in [0.5, 0.6) is 0 Å². The zero-order valence-corrected chi connectivity index (χ0v) is 17.5. The van der Waals surface area contributed by atoms with Crippen LogP contribution in [0.1, 0.15) is 21.8 Å². The molecule has 0 saturated carbocycles. The van der Waals surface area contributed by atoms with Crippen LogP contribution >= 0.6 is 0 Å². The van der Waals surface area contributed by atoms with Crippen molar-refractivity contribution >= 4 is 21.6 Å². The molecule has 0 N–H and O–H groups in total. The van der Waals surface area contributed by atoms with E-state index in [-0.39, 0.29) is 12.5 Å². The predicted octanol–water partition coefficient (Wildman–Crippen LogP) is 2.71. The molecule has 29 heavy (non-hydrogen) atoms. The Balaban J connectivity index is 1.78. The second-order valence-electron chi connectivity index (χ2n) is 6.77. The summed E-state index contributed by atoms with van der Waals surface area (Å²) in [5.74, 6) is 0.474. The van der Waals surface area contributed by atoms with Gasteiger partial charge in [0.2, 0.25) is 21.7 Å². The summed E-state index contributed by atoms with van der Waals surface area (Å²) in [5, 5.41) is 3.95. The molecule has 3 aromatic rings. The van der Waals surface area contributed by atoms with Gasteiger partial charge >= 0.3 is 0 Å². The molecule has 2 aromatic carbocycles. The summed E-state index contributed by atoms with van der Waals surface area (Å²) < 4.78 is 30.1. The standard InChI is InChI=1S/C20H22N4O4S/c1-14-10-11-16(12-17(14)24(3)29(4,26)27)20(25)23(2)13-18-21-19(22-28-18)15-8-6-5-7-9-15/h5-12H,13H2,1-4H3. The number of hydrogen-bond donors (Lipinski definition) is 0. The number of carbonyl (C=O) groups excluding carboxylic acids is 1. The Morgan fingerprint density at radius 3 is 2.45 bits per heavy atom. The van der Waals surface area contributed by atoms with Gasteiger partial charge in [-0.3, -0.25) is 9.10 Å². The minimum absolute atomic E-state index is 0.129. The highest BCUT2D eigenvalue weighted by molar-refractivity contribution is 7.92. The molecular weight excluding hydrogens is 392 g/mol. The van der Waals surface area contributed by atoms with Crippen LogP contribution in [-0.2, 0) is 16.6 Å². The maximum Gasteiger partial charge on any atom is 0.254 e. The Labute approximate surface area is 169 Å². The summed E-state index contributed by atoms with van der Waals surface area (Å²) in [6.45, 7) is 1.92. The van der Waals surface area contributed by atoms with Crippen LogP contribution in [0.15, 0.2) is 53.1 Å². The van der Waals surface area contributed by atoms with E-state index in [4.69, 9.17) is 4.52 Å². The van der Waals surface area contributed by atoms with E-state index in [0.717, 1.165) is 21.7 Å². The number of sulfonamides is 1. The third kappa shape index (κ3) is 4.62. The minimum Gasteiger partial charge on any atom is -0.337 e. The molecule has 0 aliphatic rings. The normalized spacial score (nSPS) is 11.3. The number of amides is 1. The van der Waals surface area contributed by atoms with Crippen LogP contribution in [0.3, 0.4) is 0 Å². The van der Waals surface area contributed by atoms with Crippen molar-refractivity contribution in [3.63, 3.8) is 0 Å². The van der Waals surface area contributed by atoms with Gasteiger partial charge in [-0.2, -0.15) is 4.98 Å². The first-order chi connectivity index (χ1) is 13.7. The number of carbonyl (C=O) groups is 1. The molecule has 1 amide bonds. The largest absolute Gasteiger partial charge is 0.337 e. The first-order valence-corrected chi connectivity index (χ1v) is 10.7. The molecule has 0 unspecified atom stereocenters. The Morgan fingerprint density at radius 2 is 1.79 bits per heavy atom. The molecule has 0 radical (unpaired) electrons. The molecule has 0 aliphatic heterocycles. The van der Waals surface area contributed by atoms with E-state index in [9.17, 15) is 13.2 Å². The lowest BCUT2D eigenvalue weighted by molar-refractivity contribution is 0.0769. The molecule has 3 rings (SSSR count). The van der Waals surface area contributed by atoms with Gasteiger partial charge in [-0.15, -0.1) is 0 Å². The monoisotopic (exact) mass is 414 g/mol. The molecule has 0 spiro atoms. The summed E-state index contributed by atoms with van der Waals surface area (Å²) in [6.07, 6.45) is 1.12. The smallest absolute Gasteiger partial charge is 0.254 e. The third-order valence-corrected chi connectivity index (χ3v) is 5.70. The fraction of sp³-hybridized carbons (Fsp3) is 0.250. The van der Waals surface area contributed by atoms with Gasteiger partial charge < -0.3 is 9.42 Å². The SMILES string of the molecule is Cc1ccc(C(=O)N(C)Cc2nc(-c3ccccc3)no2)cc1N(C)S(C)(=O)=O. The van der Waals surface area contributed by atoms with E-state index in [0.29, 0.717) is 23.0 Å². The molecule has 1 heterocycles. The molecule has 0 fully saturated rings. The first-order valence-electron chi connectivity index (χ1n) is 8.85. The molecule has 9 heteroatoms. The van der Waals surface area contributed by atoms with Crippen molar-refractivity contribution in [3.8, 4) is 11.4 Å². The van der Waals surface area contributed by atoms with E-state index >= 15 is 0 Å². The van der Waals surface area contributed by atoms with Gasteiger partial charge in [0.05, 0.1) is 18.5 Å². The van der Waals surface area contributed by atoms with Crippen LogP contribution in [0.25, 0.3) is 11.4 Å². The van der Waals surface area contributed by atoms with Crippen molar-refractivity contribution in [3.05, 3.63) is 65.5 Å². The molecule has 0 bridgehead atoms. The zero-order chi connectivity index (χ0) is 21.2. The van der Waals surface area contributed by atoms with Crippen LogP contribution in [0.4, 0.5) is 5.69 Å². The first kappa shape index (κ1) is 20.5. The molecule has 0 aliphatic carbocycles. The molecule has 152 valence electrons. The van der Waals surface area contributed by atoms with Gasteiger partial charge in [0.15, 0.2) is 0 Å². The highest BCUT2D eigenvalue weighted by atomic mass is 32.2. The van der Waals surface area contributed by atoms with E-state index in [2.05, 4.69) is 10.1 Å². The van der Waals surface area contributed by atoms with Gasteiger partial charge in [0.25, 0.3) is 5.91 Å². The van der Waals surface area contributed by atoms with E-state index < -0.39 is 10.0 Å². The Hall–Kier alpha value is -3.20. The summed E-state index contributed by atoms with van der Waals surface area (Å²) in [6, 6.07) is 14.3. The maximum atomic E-state index is 12.8. The van der Waals surface area contributed by atoms with E-state index in [1.54, 1.807) is 32.2 Å². The van der Waals surface area contributed by atoms with E-state index in [1.165, 1.54) is 11.9 Å². The number of benzene rings is 2. The van der Waals surface area contributed by atoms with Gasteiger partial charge in [0.1, 0.15) is 0 Å². The van der Waals surface area contributed by atoms with Crippen LogP contribution < -0.4 is 4.31 Å². The lowest BCUT2D eigenvalue weighted by Gasteiger charge is -2.21. The quantitative estimate of drug-likeness (QED) is 0.615. The molecule has 0 saturated heterocycles. The van der Waals surface area contributed by atoms with Gasteiger partial charge in [-0.1, -0.05) is 41.6 Å². The van der Waals surface area contributed by atoms with Gasteiger partial charge in [0, 0.05) is 25.2 Å². The second kappa shape index (κ2) is 8.04. The highest BCUT2D eigenvalue weighted by Crippen LogP contribution is 2.23. The Kier molecular flexibility index (Phi) is 5.69. The molecular formula is C20H22N4O4S. The van der Waals surface area contributed by atoms with Crippen LogP contribution in [0, 0.1) is 6.92 Å². The van der Waals surface area contributed by atoms with Crippen LogP contribution in [-0.4, -0.2) is 49.7 Å². The third-order valence-electron chi connectivity index (χ3n) is 4.51. The zero-order valence-electron chi connectivity index (χ0n) is 16.7. The van der Waals surface area contributed by atoms with Crippen molar-refractivity contribution in [2.75, 3.05) is 24.7 Å². The van der Waals surface area contributed by atoms with Crippen LogP contribution in [0.2, 0.25) is 0 Å². The van der Waals surface area contributed by atoms with Gasteiger partial charge in [-0.25, -0.2) is 8.42 Å². The van der Waals surface area contributed by atoms with Crippen molar-refractivity contribution in [2.24, 2.45) is 0 Å².